The molecule has 148 valence electrons. The summed E-state index contributed by atoms with van der Waals surface area (Å²) in [6.45, 7) is 11.6. The van der Waals surface area contributed by atoms with Crippen molar-refractivity contribution in [2.75, 3.05) is 26.2 Å². The molecule has 0 spiro atoms. The van der Waals surface area contributed by atoms with Crippen LogP contribution in [0.15, 0.2) is 6.07 Å². The zero-order valence-electron chi connectivity index (χ0n) is 16.9. The van der Waals surface area contributed by atoms with Crippen molar-refractivity contribution in [3.8, 4) is 11.3 Å². The molecule has 1 fully saturated rings. The molecule has 3 rings (SSSR count). The SMILES string of the molecule is Cc1nn(C)c(C)c1-c1cc(C(=O)NCCCN2CC(C)OC(C)C2)[nH]n1. The fourth-order valence-corrected chi connectivity index (χ4v) is 3.78. The summed E-state index contributed by atoms with van der Waals surface area (Å²) in [4.78, 5) is 14.8. The number of ether oxygens (including phenoxy) is 1. The van der Waals surface area contributed by atoms with Crippen LogP contribution in [0.25, 0.3) is 11.3 Å². The highest BCUT2D eigenvalue weighted by atomic mass is 16.5. The van der Waals surface area contributed by atoms with E-state index in [0.29, 0.717) is 12.2 Å². The number of carbonyl (C=O) groups is 1. The number of amides is 1. The second kappa shape index (κ2) is 8.22. The van der Waals surface area contributed by atoms with Crippen LogP contribution in [0.4, 0.5) is 0 Å². The van der Waals surface area contributed by atoms with Gasteiger partial charge in [-0.05, 0) is 40.2 Å². The highest BCUT2D eigenvalue weighted by Crippen LogP contribution is 2.25. The highest BCUT2D eigenvalue weighted by molar-refractivity contribution is 5.93. The fraction of sp³-hybridized carbons (Fsp3) is 0.632. The molecular weight excluding hydrogens is 344 g/mol. The standard InChI is InChI=1S/C19H30N6O2/c1-12-10-25(11-13(2)27-12)8-6-7-20-19(26)17-9-16(21-22-17)18-14(3)23-24(5)15(18)4/h9,12-13H,6-8,10-11H2,1-5H3,(H,20,26)(H,21,22). The largest absolute Gasteiger partial charge is 0.373 e. The molecule has 2 atom stereocenters. The molecule has 8 heteroatoms. The van der Waals surface area contributed by atoms with E-state index in [2.05, 4.69) is 39.4 Å². The Balaban J connectivity index is 1.50. The number of aryl methyl sites for hydroxylation is 2. The van der Waals surface area contributed by atoms with Gasteiger partial charge in [0.15, 0.2) is 0 Å². The molecule has 2 aromatic heterocycles. The van der Waals surface area contributed by atoms with Crippen LogP contribution >= 0.6 is 0 Å². The van der Waals surface area contributed by atoms with Gasteiger partial charge in [0.1, 0.15) is 5.69 Å². The molecule has 2 N–H and O–H groups in total. The summed E-state index contributed by atoms with van der Waals surface area (Å²) in [5.41, 5.74) is 4.13. The lowest BCUT2D eigenvalue weighted by molar-refractivity contribution is -0.0679. The summed E-state index contributed by atoms with van der Waals surface area (Å²) in [5, 5.41) is 14.5. The molecule has 1 saturated heterocycles. The molecule has 0 saturated carbocycles. The molecule has 0 aromatic carbocycles. The van der Waals surface area contributed by atoms with E-state index in [-0.39, 0.29) is 18.1 Å². The summed E-state index contributed by atoms with van der Waals surface area (Å²) in [7, 11) is 1.90. The molecule has 0 aliphatic carbocycles. The Morgan fingerprint density at radius 2 is 2.04 bits per heavy atom. The minimum atomic E-state index is -0.128. The van der Waals surface area contributed by atoms with Gasteiger partial charge in [-0.3, -0.25) is 19.5 Å². The average molecular weight is 374 g/mol. The molecule has 0 bridgehead atoms. The third-order valence-electron chi connectivity index (χ3n) is 5.02. The van der Waals surface area contributed by atoms with Crippen LogP contribution in [0, 0.1) is 13.8 Å². The van der Waals surface area contributed by atoms with Crippen molar-refractivity contribution in [3.63, 3.8) is 0 Å². The summed E-state index contributed by atoms with van der Waals surface area (Å²) in [5.74, 6) is -0.128. The predicted octanol–water partition coefficient (Wildman–Crippen LogP) is 1.66. The average Bonchev–Trinajstić information content (AvgIpc) is 3.16. The highest BCUT2D eigenvalue weighted by Gasteiger charge is 2.21. The van der Waals surface area contributed by atoms with Crippen molar-refractivity contribution in [1.82, 2.24) is 30.2 Å². The fourth-order valence-electron chi connectivity index (χ4n) is 3.78. The Hall–Kier alpha value is -2.19. The van der Waals surface area contributed by atoms with Crippen molar-refractivity contribution >= 4 is 5.91 Å². The Bertz CT molecular complexity index is 786. The van der Waals surface area contributed by atoms with Gasteiger partial charge in [-0.25, -0.2) is 0 Å². The summed E-state index contributed by atoms with van der Waals surface area (Å²) in [6.07, 6.45) is 1.45. The number of nitrogens with one attached hydrogen (secondary N) is 2. The first-order valence-electron chi connectivity index (χ1n) is 9.57. The molecule has 8 nitrogen and oxygen atoms in total. The van der Waals surface area contributed by atoms with E-state index in [1.807, 2.05) is 25.6 Å². The molecular formula is C19H30N6O2. The quantitative estimate of drug-likeness (QED) is 0.751. The van der Waals surface area contributed by atoms with Gasteiger partial charge in [-0.1, -0.05) is 0 Å². The van der Waals surface area contributed by atoms with Crippen LogP contribution < -0.4 is 5.32 Å². The number of morpholine rings is 1. The van der Waals surface area contributed by atoms with Crippen molar-refractivity contribution in [2.24, 2.45) is 7.05 Å². The first-order valence-corrected chi connectivity index (χ1v) is 9.57. The topological polar surface area (TPSA) is 88.1 Å². The second-order valence-electron chi connectivity index (χ2n) is 7.46. The maximum Gasteiger partial charge on any atom is 0.269 e. The maximum absolute atomic E-state index is 12.4. The molecule has 2 unspecified atom stereocenters. The Morgan fingerprint density at radius 1 is 1.33 bits per heavy atom. The monoisotopic (exact) mass is 374 g/mol. The Kier molecular flexibility index (Phi) is 5.96. The molecule has 1 aliphatic heterocycles. The molecule has 1 aliphatic rings. The number of aromatic amines is 1. The molecule has 1 amide bonds. The Morgan fingerprint density at radius 3 is 2.67 bits per heavy atom. The van der Waals surface area contributed by atoms with Gasteiger partial charge in [-0.15, -0.1) is 0 Å². The van der Waals surface area contributed by atoms with Gasteiger partial charge in [0.25, 0.3) is 5.91 Å². The number of hydrogen-bond donors (Lipinski definition) is 2. The van der Waals surface area contributed by atoms with Crippen LogP contribution in [0.5, 0.6) is 0 Å². The van der Waals surface area contributed by atoms with Crippen molar-refractivity contribution < 1.29 is 9.53 Å². The predicted molar refractivity (Wildman–Crippen MR) is 104 cm³/mol. The van der Waals surface area contributed by atoms with E-state index in [1.54, 1.807) is 6.07 Å². The van der Waals surface area contributed by atoms with Crippen LogP contribution in [-0.4, -0.2) is 69.2 Å². The first kappa shape index (κ1) is 19.6. The zero-order valence-corrected chi connectivity index (χ0v) is 16.9. The normalized spacial score (nSPS) is 20.8. The first-order chi connectivity index (χ1) is 12.8. The number of hydrogen-bond acceptors (Lipinski definition) is 5. The number of nitrogens with zero attached hydrogens (tertiary/aromatic N) is 4. The van der Waals surface area contributed by atoms with E-state index in [4.69, 9.17) is 4.74 Å². The molecule has 0 radical (unpaired) electrons. The third kappa shape index (κ3) is 4.56. The minimum Gasteiger partial charge on any atom is -0.373 e. The van der Waals surface area contributed by atoms with Crippen molar-refractivity contribution in [3.05, 3.63) is 23.1 Å². The second-order valence-corrected chi connectivity index (χ2v) is 7.46. The maximum atomic E-state index is 12.4. The number of aromatic nitrogens is 4. The third-order valence-corrected chi connectivity index (χ3v) is 5.02. The zero-order chi connectivity index (χ0) is 19.6. The lowest BCUT2D eigenvalue weighted by atomic mass is 10.1. The Labute approximate surface area is 160 Å². The van der Waals surface area contributed by atoms with Crippen molar-refractivity contribution in [1.29, 1.82) is 0 Å². The molecule has 3 heterocycles. The van der Waals surface area contributed by atoms with Gasteiger partial charge < -0.3 is 10.1 Å². The van der Waals surface area contributed by atoms with Gasteiger partial charge in [0, 0.05) is 44.5 Å². The van der Waals surface area contributed by atoms with Gasteiger partial charge in [0.2, 0.25) is 0 Å². The van der Waals surface area contributed by atoms with Crippen LogP contribution in [0.3, 0.4) is 0 Å². The number of H-pyrrole nitrogens is 1. The van der Waals surface area contributed by atoms with Crippen LogP contribution in [-0.2, 0) is 11.8 Å². The van der Waals surface area contributed by atoms with Gasteiger partial charge in [0.05, 0.1) is 23.6 Å². The molecule has 27 heavy (non-hydrogen) atoms. The van der Waals surface area contributed by atoms with Crippen molar-refractivity contribution in [2.45, 2.75) is 46.3 Å². The van der Waals surface area contributed by atoms with E-state index >= 15 is 0 Å². The summed E-state index contributed by atoms with van der Waals surface area (Å²) in [6, 6.07) is 1.79. The van der Waals surface area contributed by atoms with Gasteiger partial charge in [-0.2, -0.15) is 10.2 Å². The van der Waals surface area contributed by atoms with Gasteiger partial charge >= 0.3 is 0 Å². The smallest absolute Gasteiger partial charge is 0.269 e. The summed E-state index contributed by atoms with van der Waals surface area (Å²) < 4.78 is 7.57. The van der Waals surface area contributed by atoms with Crippen LogP contribution in [0.2, 0.25) is 0 Å². The number of carbonyl (C=O) groups excluding carboxylic acids is 1. The van der Waals surface area contributed by atoms with Crippen LogP contribution in [0.1, 0.15) is 42.1 Å². The minimum absolute atomic E-state index is 0.128. The van der Waals surface area contributed by atoms with E-state index in [9.17, 15) is 4.79 Å². The number of rotatable bonds is 6. The van der Waals surface area contributed by atoms with E-state index < -0.39 is 0 Å². The molecule has 2 aromatic rings. The van der Waals surface area contributed by atoms with E-state index in [1.165, 1.54) is 0 Å². The lowest BCUT2D eigenvalue weighted by Crippen LogP contribution is -2.46. The van der Waals surface area contributed by atoms with E-state index in [0.717, 1.165) is 48.7 Å². The summed E-state index contributed by atoms with van der Waals surface area (Å²) >= 11 is 0. The lowest BCUT2D eigenvalue weighted by Gasteiger charge is -2.35.